The van der Waals surface area contributed by atoms with Crippen molar-refractivity contribution in [3.63, 3.8) is 0 Å². The number of benzene rings is 1. The number of carbonyl (C=O) groups excluding carboxylic acids is 1. The molecular weight excluding hydrogens is 334 g/mol. The number of nitrogens with one attached hydrogen (secondary N) is 1. The molecule has 1 amide bonds. The van der Waals surface area contributed by atoms with Gasteiger partial charge in [0.05, 0.1) is 17.7 Å². The van der Waals surface area contributed by atoms with Crippen LogP contribution in [-0.4, -0.2) is 23.0 Å². The van der Waals surface area contributed by atoms with Gasteiger partial charge < -0.3 is 10.1 Å². The van der Waals surface area contributed by atoms with Crippen molar-refractivity contribution in [3.8, 4) is 16.2 Å². The van der Waals surface area contributed by atoms with Crippen molar-refractivity contribution in [1.29, 1.82) is 0 Å². The van der Waals surface area contributed by atoms with E-state index in [1.165, 1.54) is 16.9 Å². The number of aromatic nitrogens is 2. The molecule has 2 heterocycles. The highest BCUT2D eigenvalue weighted by molar-refractivity contribution is 7.17. The summed E-state index contributed by atoms with van der Waals surface area (Å²) in [4.78, 5) is 22.3. The number of amides is 1. The molecule has 0 saturated carbocycles. The van der Waals surface area contributed by atoms with E-state index in [0.717, 1.165) is 41.1 Å². The van der Waals surface area contributed by atoms with Gasteiger partial charge in [0, 0.05) is 11.8 Å². The molecule has 4 rings (SSSR count). The number of methoxy groups -OCH3 is 1. The molecule has 5 nitrogen and oxygen atoms in total. The smallest absolute Gasteiger partial charge is 0.285 e. The fourth-order valence-electron chi connectivity index (χ4n) is 2.99. The van der Waals surface area contributed by atoms with E-state index in [-0.39, 0.29) is 5.91 Å². The number of anilines is 1. The number of pyridine rings is 1. The molecule has 0 aliphatic heterocycles. The van der Waals surface area contributed by atoms with Crippen LogP contribution in [0.4, 0.5) is 5.82 Å². The summed E-state index contributed by atoms with van der Waals surface area (Å²) in [5, 5.41) is 3.27. The summed E-state index contributed by atoms with van der Waals surface area (Å²) in [5.41, 5.74) is 3.39. The standard InChI is InChI=1S/C19H17N3O2S/c1-24-13-9-8-12-5-4-6-15-17(14(12)11-13)25-19(21-15)18(23)22-16-7-2-3-10-20-16/h2-3,7-11H,4-6H2,1H3,(H,20,22,23). The highest BCUT2D eigenvalue weighted by atomic mass is 32.1. The summed E-state index contributed by atoms with van der Waals surface area (Å²) >= 11 is 1.43. The van der Waals surface area contributed by atoms with E-state index in [1.807, 2.05) is 24.3 Å². The minimum atomic E-state index is -0.221. The number of carbonyl (C=O) groups is 1. The van der Waals surface area contributed by atoms with Crippen LogP contribution in [0.1, 0.15) is 27.5 Å². The Balaban J connectivity index is 1.70. The van der Waals surface area contributed by atoms with Gasteiger partial charge in [0.1, 0.15) is 11.6 Å². The second kappa shape index (κ2) is 6.64. The van der Waals surface area contributed by atoms with Gasteiger partial charge in [0.25, 0.3) is 5.91 Å². The second-order valence-corrected chi connectivity index (χ2v) is 6.84. The third kappa shape index (κ3) is 3.13. The molecule has 1 aliphatic rings. The van der Waals surface area contributed by atoms with Gasteiger partial charge in [0.2, 0.25) is 0 Å². The fraction of sp³-hybridized carbons (Fsp3) is 0.211. The molecular formula is C19H17N3O2S. The normalized spacial score (nSPS) is 12.7. The number of rotatable bonds is 3. The van der Waals surface area contributed by atoms with Crippen LogP contribution in [0.25, 0.3) is 10.4 Å². The Morgan fingerprint density at radius 2 is 2.16 bits per heavy atom. The van der Waals surface area contributed by atoms with Crippen LogP contribution in [-0.2, 0) is 12.8 Å². The van der Waals surface area contributed by atoms with E-state index in [4.69, 9.17) is 4.74 Å². The first-order valence-electron chi connectivity index (χ1n) is 8.14. The van der Waals surface area contributed by atoms with Crippen molar-refractivity contribution in [2.75, 3.05) is 12.4 Å². The van der Waals surface area contributed by atoms with Crippen LogP contribution in [0.3, 0.4) is 0 Å². The third-order valence-corrected chi connectivity index (χ3v) is 5.35. The topological polar surface area (TPSA) is 64.1 Å². The molecule has 1 aliphatic carbocycles. The van der Waals surface area contributed by atoms with Crippen LogP contribution in [0.15, 0.2) is 42.6 Å². The van der Waals surface area contributed by atoms with E-state index in [1.54, 1.807) is 19.4 Å². The summed E-state index contributed by atoms with van der Waals surface area (Å²) in [6.45, 7) is 0. The molecule has 25 heavy (non-hydrogen) atoms. The monoisotopic (exact) mass is 351 g/mol. The lowest BCUT2D eigenvalue weighted by Crippen LogP contribution is -2.12. The van der Waals surface area contributed by atoms with Gasteiger partial charge in [-0.15, -0.1) is 11.3 Å². The van der Waals surface area contributed by atoms with Gasteiger partial charge in [-0.1, -0.05) is 12.1 Å². The predicted octanol–water partition coefficient (Wildman–Crippen LogP) is 3.95. The second-order valence-electron chi connectivity index (χ2n) is 5.84. The molecule has 0 bridgehead atoms. The number of hydrogen-bond acceptors (Lipinski definition) is 5. The van der Waals surface area contributed by atoms with Gasteiger partial charge in [-0.25, -0.2) is 9.97 Å². The summed E-state index contributed by atoms with van der Waals surface area (Å²) in [7, 11) is 1.66. The molecule has 3 aromatic rings. The Bertz CT molecular complexity index is 922. The molecule has 6 heteroatoms. The highest BCUT2D eigenvalue weighted by Gasteiger charge is 2.22. The first kappa shape index (κ1) is 15.8. The molecule has 0 spiro atoms. The van der Waals surface area contributed by atoms with Gasteiger partial charge in [0.15, 0.2) is 5.01 Å². The van der Waals surface area contributed by atoms with Crippen molar-refractivity contribution in [2.45, 2.75) is 19.3 Å². The van der Waals surface area contributed by atoms with Crippen LogP contribution >= 0.6 is 11.3 Å². The maximum absolute atomic E-state index is 12.5. The van der Waals surface area contributed by atoms with Gasteiger partial charge in [-0.2, -0.15) is 0 Å². The number of ether oxygens (including phenoxy) is 1. The number of nitrogens with zero attached hydrogens (tertiary/aromatic N) is 2. The number of fused-ring (bicyclic) bond motifs is 3. The summed E-state index contributed by atoms with van der Waals surface area (Å²) in [6.07, 6.45) is 4.56. The molecule has 2 aromatic heterocycles. The zero-order valence-corrected chi connectivity index (χ0v) is 14.6. The first-order chi connectivity index (χ1) is 12.2. The molecule has 0 unspecified atom stereocenters. The molecule has 126 valence electrons. The van der Waals surface area contributed by atoms with Crippen molar-refractivity contribution in [1.82, 2.24) is 9.97 Å². The highest BCUT2D eigenvalue weighted by Crippen LogP contribution is 2.38. The largest absolute Gasteiger partial charge is 0.497 e. The molecule has 0 fully saturated rings. The predicted molar refractivity (Wildman–Crippen MR) is 98.3 cm³/mol. The Labute approximate surface area is 149 Å². The van der Waals surface area contributed by atoms with Crippen molar-refractivity contribution < 1.29 is 9.53 Å². The minimum Gasteiger partial charge on any atom is -0.497 e. The zero-order chi connectivity index (χ0) is 17.2. The Hall–Kier alpha value is -2.73. The summed E-state index contributed by atoms with van der Waals surface area (Å²) < 4.78 is 5.37. The lowest BCUT2D eigenvalue weighted by atomic mass is 10.0. The average molecular weight is 351 g/mol. The number of hydrogen-bond donors (Lipinski definition) is 1. The maximum Gasteiger partial charge on any atom is 0.285 e. The summed E-state index contributed by atoms with van der Waals surface area (Å²) in [5.74, 6) is 1.13. The quantitative estimate of drug-likeness (QED) is 0.776. The maximum atomic E-state index is 12.5. The van der Waals surface area contributed by atoms with E-state index in [9.17, 15) is 4.79 Å². The minimum absolute atomic E-state index is 0.221. The van der Waals surface area contributed by atoms with Gasteiger partial charge >= 0.3 is 0 Å². The third-order valence-electron chi connectivity index (χ3n) is 4.22. The SMILES string of the molecule is COc1ccc2c(c1)-c1sc(C(=O)Nc3ccccn3)nc1CCC2. The molecule has 1 N–H and O–H groups in total. The van der Waals surface area contributed by atoms with E-state index in [0.29, 0.717) is 10.8 Å². The molecule has 0 atom stereocenters. The zero-order valence-electron chi connectivity index (χ0n) is 13.8. The lowest BCUT2D eigenvalue weighted by molar-refractivity contribution is 0.102. The Morgan fingerprint density at radius 3 is 2.96 bits per heavy atom. The van der Waals surface area contributed by atoms with Crippen LogP contribution in [0.2, 0.25) is 0 Å². The number of aryl methyl sites for hydroxylation is 2. The van der Waals surface area contributed by atoms with Crippen molar-refractivity contribution >= 4 is 23.1 Å². The Morgan fingerprint density at radius 1 is 1.24 bits per heavy atom. The van der Waals surface area contributed by atoms with Crippen molar-refractivity contribution in [3.05, 3.63) is 58.9 Å². The van der Waals surface area contributed by atoms with E-state index in [2.05, 4.69) is 21.4 Å². The van der Waals surface area contributed by atoms with E-state index < -0.39 is 0 Å². The molecule has 0 saturated heterocycles. The van der Waals surface area contributed by atoms with E-state index >= 15 is 0 Å². The number of thiazole rings is 1. The summed E-state index contributed by atoms with van der Waals surface area (Å²) in [6, 6.07) is 11.5. The fourth-order valence-corrected chi connectivity index (χ4v) is 4.05. The lowest BCUT2D eigenvalue weighted by Gasteiger charge is -2.07. The van der Waals surface area contributed by atoms with Crippen molar-refractivity contribution in [2.24, 2.45) is 0 Å². The van der Waals surface area contributed by atoms with Crippen LogP contribution in [0, 0.1) is 0 Å². The van der Waals surface area contributed by atoms with Crippen LogP contribution in [0.5, 0.6) is 5.75 Å². The van der Waals surface area contributed by atoms with Gasteiger partial charge in [-0.3, -0.25) is 4.79 Å². The Kier molecular flexibility index (Phi) is 4.19. The molecule has 1 aromatic carbocycles. The van der Waals surface area contributed by atoms with Gasteiger partial charge in [-0.05, 0) is 49.1 Å². The van der Waals surface area contributed by atoms with Crippen LogP contribution < -0.4 is 10.1 Å². The first-order valence-corrected chi connectivity index (χ1v) is 8.95. The molecule has 0 radical (unpaired) electrons. The average Bonchev–Trinajstić information content (AvgIpc) is 2.99.